The quantitative estimate of drug-likeness (QED) is 0.590. The van der Waals surface area contributed by atoms with Crippen LogP contribution in [0.4, 0.5) is 22.2 Å². The summed E-state index contributed by atoms with van der Waals surface area (Å²) >= 11 is 0. The molecule has 0 saturated heterocycles. The Labute approximate surface area is 210 Å². The molecular formula is C28H42N6O. The number of rotatable bonds is 6. The fourth-order valence-corrected chi connectivity index (χ4v) is 5.59. The molecule has 35 heavy (non-hydrogen) atoms. The number of nitrogens with zero attached hydrogens (tertiary/aromatic N) is 4. The average molecular weight is 479 g/mol. The number of fused-ring (bicyclic) bond motifs is 1. The molecule has 1 saturated carbocycles. The predicted octanol–water partition coefficient (Wildman–Crippen LogP) is 5.27. The summed E-state index contributed by atoms with van der Waals surface area (Å²) in [6.07, 6.45) is 8.70. The average Bonchev–Trinajstić information content (AvgIpc) is 2.82. The molecule has 0 spiro atoms. The zero-order valence-electron chi connectivity index (χ0n) is 22.1. The second-order valence-electron chi connectivity index (χ2n) is 11.5. The van der Waals surface area contributed by atoms with Crippen LogP contribution >= 0.6 is 0 Å². The molecule has 1 heterocycles. The van der Waals surface area contributed by atoms with E-state index in [-0.39, 0.29) is 11.4 Å². The van der Waals surface area contributed by atoms with Crippen molar-refractivity contribution in [3.05, 3.63) is 41.1 Å². The molecular weight excluding hydrogens is 436 g/mol. The largest absolute Gasteiger partial charge is 0.362 e. The Morgan fingerprint density at radius 2 is 1.74 bits per heavy atom. The Kier molecular flexibility index (Phi) is 7.53. The number of amides is 2. The number of hydrogen-bond donors (Lipinski definition) is 2. The standard InChI is InChI=1S/C28H42N6O/c1-28(2,3)22-11-7-9-13-24(22)34(26(29)35)18-19-14-16-20(17-15-19)30-27-31-23-12-8-6-10-21(23)25(32-27)33(4)5/h7,9,11,13,19-20H,6,8,10,12,14-18H2,1-5H3,(H2,29,35)(H,30,31,32)/t19-,20+. The maximum absolute atomic E-state index is 12.5. The van der Waals surface area contributed by atoms with E-state index in [0.29, 0.717) is 18.5 Å². The molecule has 190 valence electrons. The molecule has 2 amide bonds. The van der Waals surface area contributed by atoms with E-state index < -0.39 is 0 Å². The van der Waals surface area contributed by atoms with Gasteiger partial charge in [0.25, 0.3) is 0 Å². The number of carbonyl (C=O) groups is 1. The van der Waals surface area contributed by atoms with Crippen LogP contribution in [0.25, 0.3) is 0 Å². The van der Waals surface area contributed by atoms with Crippen LogP contribution in [-0.4, -0.2) is 42.7 Å². The number of aryl methyl sites for hydroxylation is 1. The van der Waals surface area contributed by atoms with Crippen LogP contribution in [0.1, 0.15) is 76.1 Å². The Balaban J connectivity index is 1.41. The zero-order chi connectivity index (χ0) is 25.2. The highest BCUT2D eigenvalue weighted by atomic mass is 16.2. The van der Waals surface area contributed by atoms with Gasteiger partial charge in [-0.25, -0.2) is 9.78 Å². The van der Waals surface area contributed by atoms with Crippen LogP contribution in [0.15, 0.2) is 24.3 Å². The van der Waals surface area contributed by atoms with E-state index in [1.54, 1.807) is 4.90 Å². The van der Waals surface area contributed by atoms with Gasteiger partial charge in [0.2, 0.25) is 5.95 Å². The van der Waals surface area contributed by atoms with Gasteiger partial charge >= 0.3 is 6.03 Å². The summed E-state index contributed by atoms with van der Waals surface area (Å²) in [5.74, 6) is 2.24. The first-order valence-corrected chi connectivity index (χ1v) is 13.1. The summed E-state index contributed by atoms with van der Waals surface area (Å²) in [5, 5.41) is 3.63. The SMILES string of the molecule is CN(C)c1nc(N[C@H]2CC[C@@H](CN(C(N)=O)c3ccccc3C(C)(C)C)CC2)nc2c1CCCC2. The minimum atomic E-state index is -0.374. The lowest BCUT2D eigenvalue weighted by Gasteiger charge is -2.35. The van der Waals surface area contributed by atoms with Gasteiger partial charge in [0.15, 0.2) is 0 Å². The van der Waals surface area contributed by atoms with Crippen molar-refractivity contribution in [2.45, 2.75) is 83.6 Å². The first-order chi connectivity index (χ1) is 16.6. The Morgan fingerprint density at radius 3 is 2.40 bits per heavy atom. The van der Waals surface area contributed by atoms with Gasteiger partial charge < -0.3 is 16.0 Å². The number of hydrogen-bond acceptors (Lipinski definition) is 5. The summed E-state index contributed by atoms with van der Waals surface area (Å²) < 4.78 is 0. The number of benzene rings is 1. The number of anilines is 3. The highest BCUT2D eigenvalue weighted by Crippen LogP contribution is 2.35. The lowest BCUT2D eigenvalue weighted by atomic mass is 9.84. The van der Waals surface area contributed by atoms with Gasteiger partial charge in [-0.1, -0.05) is 39.0 Å². The van der Waals surface area contributed by atoms with Crippen LogP contribution in [0.2, 0.25) is 0 Å². The number of nitrogens with one attached hydrogen (secondary N) is 1. The van der Waals surface area contributed by atoms with E-state index in [1.165, 1.54) is 24.1 Å². The van der Waals surface area contributed by atoms with Crippen molar-refractivity contribution in [3.63, 3.8) is 0 Å². The minimum Gasteiger partial charge on any atom is -0.362 e. The van der Waals surface area contributed by atoms with Crippen LogP contribution in [-0.2, 0) is 18.3 Å². The molecule has 2 aromatic rings. The smallest absolute Gasteiger partial charge is 0.319 e. The van der Waals surface area contributed by atoms with Gasteiger partial charge in [-0.2, -0.15) is 4.98 Å². The van der Waals surface area contributed by atoms with E-state index in [0.717, 1.165) is 61.5 Å². The first kappa shape index (κ1) is 25.3. The van der Waals surface area contributed by atoms with E-state index in [2.05, 4.69) is 51.1 Å². The molecule has 0 radical (unpaired) electrons. The van der Waals surface area contributed by atoms with Gasteiger partial charge in [0.05, 0.1) is 5.69 Å². The number of para-hydroxylation sites is 1. The lowest BCUT2D eigenvalue weighted by molar-refractivity contribution is 0.250. The Bertz CT molecular complexity index is 1040. The second-order valence-corrected chi connectivity index (χ2v) is 11.5. The molecule has 2 aliphatic rings. The maximum Gasteiger partial charge on any atom is 0.319 e. The second kappa shape index (κ2) is 10.4. The lowest BCUT2D eigenvalue weighted by Crippen LogP contribution is -2.42. The topological polar surface area (TPSA) is 87.4 Å². The van der Waals surface area contributed by atoms with Crippen LogP contribution in [0, 0.1) is 5.92 Å². The van der Waals surface area contributed by atoms with E-state index in [4.69, 9.17) is 15.7 Å². The Morgan fingerprint density at radius 1 is 1.06 bits per heavy atom. The fourth-order valence-electron chi connectivity index (χ4n) is 5.59. The summed E-state index contributed by atoms with van der Waals surface area (Å²) in [6.45, 7) is 7.18. The van der Waals surface area contributed by atoms with Crippen LogP contribution in [0.5, 0.6) is 0 Å². The highest BCUT2D eigenvalue weighted by molar-refractivity contribution is 5.91. The van der Waals surface area contributed by atoms with Gasteiger partial charge in [-0.05, 0) is 74.3 Å². The maximum atomic E-state index is 12.5. The van der Waals surface area contributed by atoms with Gasteiger partial charge in [0.1, 0.15) is 5.82 Å². The molecule has 0 aliphatic heterocycles. The summed E-state index contributed by atoms with van der Waals surface area (Å²) in [5.41, 5.74) is 10.4. The normalized spacial score (nSPS) is 20.1. The summed E-state index contributed by atoms with van der Waals surface area (Å²) in [4.78, 5) is 26.1. The molecule has 1 aromatic heterocycles. The Hall–Kier alpha value is -2.83. The molecule has 0 unspecified atom stereocenters. The third-order valence-corrected chi connectivity index (χ3v) is 7.47. The first-order valence-electron chi connectivity index (χ1n) is 13.1. The van der Waals surface area contributed by atoms with E-state index in [1.807, 2.05) is 18.2 Å². The number of primary amides is 1. The van der Waals surface area contributed by atoms with Gasteiger partial charge in [-0.15, -0.1) is 0 Å². The van der Waals surface area contributed by atoms with Gasteiger partial charge in [-0.3, -0.25) is 4.90 Å². The van der Waals surface area contributed by atoms with Crippen molar-refractivity contribution in [2.75, 3.05) is 35.8 Å². The fraction of sp³-hybridized carbons (Fsp3) is 0.607. The van der Waals surface area contributed by atoms with Crippen LogP contribution in [0.3, 0.4) is 0 Å². The molecule has 1 aromatic carbocycles. The van der Waals surface area contributed by atoms with Crippen molar-refractivity contribution in [1.29, 1.82) is 0 Å². The molecule has 7 nitrogen and oxygen atoms in total. The third-order valence-electron chi connectivity index (χ3n) is 7.47. The molecule has 0 atom stereocenters. The number of carbonyl (C=O) groups excluding carboxylic acids is 1. The summed E-state index contributed by atoms with van der Waals surface area (Å²) in [7, 11) is 4.13. The monoisotopic (exact) mass is 478 g/mol. The molecule has 4 rings (SSSR count). The number of nitrogens with two attached hydrogens (primary N) is 1. The summed E-state index contributed by atoms with van der Waals surface area (Å²) in [6, 6.07) is 8.13. The predicted molar refractivity (Wildman–Crippen MR) is 144 cm³/mol. The van der Waals surface area contributed by atoms with Crippen molar-refractivity contribution in [1.82, 2.24) is 9.97 Å². The zero-order valence-corrected chi connectivity index (χ0v) is 22.1. The molecule has 1 fully saturated rings. The van der Waals surface area contributed by atoms with Crippen molar-refractivity contribution < 1.29 is 4.79 Å². The molecule has 7 heteroatoms. The minimum absolute atomic E-state index is 0.0633. The van der Waals surface area contributed by atoms with Gasteiger partial charge in [0, 0.05) is 37.9 Å². The third kappa shape index (κ3) is 5.88. The van der Waals surface area contributed by atoms with Crippen molar-refractivity contribution >= 4 is 23.5 Å². The number of aromatic nitrogens is 2. The van der Waals surface area contributed by atoms with Crippen LogP contribution < -0.4 is 20.9 Å². The molecule has 2 aliphatic carbocycles. The highest BCUT2D eigenvalue weighted by Gasteiger charge is 2.29. The van der Waals surface area contributed by atoms with Crippen molar-refractivity contribution in [2.24, 2.45) is 11.7 Å². The number of urea groups is 1. The molecule has 3 N–H and O–H groups in total. The van der Waals surface area contributed by atoms with E-state index >= 15 is 0 Å². The van der Waals surface area contributed by atoms with E-state index in [9.17, 15) is 4.79 Å². The molecule has 0 bridgehead atoms. The van der Waals surface area contributed by atoms with Crippen molar-refractivity contribution in [3.8, 4) is 0 Å².